The highest BCUT2D eigenvalue weighted by atomic mass is 14.9. The standard InChI is InChI=1S/C17H28N2/c1-13(2)15-5-4-6-17(8-7-15)19-14(3)16-9-11-18-12-10-16/h9-15,17,19H,4-8H2,1-3H3. The minimum atomic E-state index is 0.434. The zero-order valence-electron chi connectivity index (χ0n) is 12.6. The molecule has 2 nitrogen and oxygen atoms in total. The molecule has 2 heteroatoms. The SMILES string of the molecule is CC(NC1CCCC(C(C)C)CC1)c1ccncc1. The molecule has 3 atom stereocenters. The lowest BCUT2D eigenvalue weighted by molar-refractivity contribution is 0.335. The zero-order valence-corrected chi connectivity index (χ0v) is 12.6. The molecule has 0 amide bonds. The molecule has 1 fully saturated rings. The normalized spacial score (nSPS) is 26.1. The number of aromatic nitrogens is 1. The van der Waals surface area contributed by atoms with Gasteiger partial charge in [0.1, 0.15) is 0 Å². The minimum absolute atomic E-state index is 0.434. The maximum absolute atomic E-state index is 4.09. The van der Waals surface area contributed by atoms with E-state index in [4.69, 9.17) is 0 Å². The molecule has 0 aliphatic heterocycles. The van der Waals surface area contributed by atoms with Crippen LogP contribution in [0.1, 0.15) is 64.5 Å². The third-order valence-corrected chi connectivity index (χ3v) is 4.65. The predicted molar refractivity (Wildman–Crippen MR) is 81.0 cm³/mol. The van der Waals surface area contributed by atoms with Crippen molar-refractivity contribution in [1.82, 2.24) is 10.3 Å². The van der Waals surface area contributed by atoms with Crippen LogP contribution in [-0.2, 0) is 0 Å². The summed E-state index contributed by atoms with van der Waals surface area (Å²) in [4.78, 5) is 4.09. The number of nitrogens with zero attached hydrogens (tertiary/aromatic N) is 1. The Hall–Kier alpha value is -0.890. The third-order valence-electron chi connectivity index (χ3n) is 4.65. The Morgan fingerprint density at radius 3 is 2.47 bits per heavy atom. The van der Waals surface area contributed by atoms with Crippen molar-refractivity contribution in [2.75, 3.05) is 0 Å². The van der Waals surface area contributed by atoms with Crippen molar-refractivity contribution in [1.29, 1.82) is 0 Å². The van der Waals surface area contributed by atoms with Crippen LogP contribution in [0.5, 0.6) is 0 Å². The quantitative estimate of drug-likeness (QED) is 0.815. The van der Waals surface area contributed by atoms with E-state index in [1.54, 1.807) is 0 Å². The first-order valence-corrected chi connectivity index (χ1v) is 7.82. The van der Waals surface area contributed by atoms with E-state index in [1.807, 2.05) is 12.4 Å². The van der Waals surface area contributed by atoms with Crippen LogP contribution in [0.25, 0.3) is 0 Å². The molecule has 0 spiro atoms. The van der Waals surface area contributed by atoms with Crippen molar-refractivity contribution in [3.8, 4) is 0 Å². The average Bonchev–Trinajstić information content (AvgIpc) is 2.65. The number of hydrogen-bond acceptors (Lipinski definition) is 2. The molecule has 3 unspecified atom stereocenters. The van der Waals surface area contributed by atoms with Gasteiger partial charge in [-0.2, -0.15) is 0 Å². The van der Waals surface area contributed by atoms with E-state index in [2.05, 4.69) is 43.2 Å². The average molecular weight is 260 g/mol. The van der Waals surface area contributed by atoms with Gasteiger partial charge in [0.25, 0.3) is 0 Å². The first-order valence-electron chi connectivity index (χ1n) is 7.82. The topological polar surface area (TPSA) is 24.9 Å². The van der Waals surface area contributed by atoms with Crippen molar-refractivity contribution in [3.05, 3.63) is 30.1 Å². The van der Waals surface area contributed by atoms with Gasteiger partial charge in [-0.1, -0.05) is 26.7 Å². The number of nitrogens with one attached hydrogen (secondary N) is 1. The zero-order chi connectivity index (χ0) is 13.7. The second-order valence-electron chi connectivity index (χ2n) is 6.38. The smallest absolute Gasteiger partial charge is 0.0295 e. The van der Waals surface area contributed by atoms with E-state index in [0.29, 0.717) is 12.1 Å². The predicted octanol–water partition coefficient (Wildman–Crippen LogP) is 4.34. The highest BCUT2D eigenvalue weighted by Gasteiger charge is 2.22. The number of rotatable bonds is 4. The van der Waals surface area contributed by atoms with E-state index in [-0.39, 0.29) is 0 Å². The molecule has 1 heterocycles. The molecule has 1 aliphatic rings. The van der Waals surface area contributed by atoms with Crippen molar-refractivity contribution in [3.63, 3.8) is 0 Å². The van der Waals surface area contributed by atoms with E-state index in [0.717, 1.165) is 11.8 Å². The Morgan fingerprint density at radius 2 is 1.79 bits per heavy atom. The van der Waals surface area contributed by atoms with Gasteiger partial charge in [-0.3, -0.25) is 4.98 Å². The highest BCUT2D eigenvalue weighted by Crippen LogP contribution is 2.29. The summed E-state index contributed by atoms with van der Waals surface area (Å²) in [5.41, 5.74) is 1.35. The Bertz CT molecular complexity index is 361. The van der Waals surface area contributed by atoms with Crippen LogP contribution in [0.2, 0.25) is 0 Å². The fourth-order valence-corrected chi connectivity index (χ4v) is 3.27. The lowest BCUT2D eigenvalue weighted by atomic mass is 9.89. The fourth-order valence-electron chi connectivity index (χ4n) is 3.27. The van der Waals surface area contributed by atoms with Crippen LogP contribution >= 0.6 is 0 Å². The maximum Gasteiger partial charge on any atom is 0.0295 e. The molecule has 19 heavy (non-hydrogen) atoms. The van der Waals surface area contributed by atoms with Gasteiger partial charge in [0.05, 0.1) is 0 Å². The van der Waals surface area contributed by atoms with E-state index in [1.165, 1.54) is 37.7 Å². The van der Waals surface area contributed by atoms with Gasteiger partial charge in [-0.25, -0.2) is 0 Å². The summed E-state index contributed by atoms with van der Waals surface area (Å²) < 4.78 is 0. The third kappa shape index (κ3) is 4.31. The van der Waals surface area contributed by atoms with Crippen molar-refractivity contribution in [2.45, 2.75) is 65.0 Å². The largest absolute Gasteiger partial charge is 0.307 e. The molecular weight excluding hydrogens is 232 g/mol. The van der Waals surface area contributed by atoms with Crippen LogP contribution < -0.4 is 5.32 Å². The summed E-state index contributed by atoms with van der Waals surface area (Å²) >= 11 is 0. The first kappa shape index (κ1) is 14.5. The summed E-state index contributed by atoms with van der Waals surface area (Å²) in [5.74, 6) is 1.78. The monoisotopic (exact) mass is 260 g/mol. The van der Waals surface area contributed by atoms with E-state index < -0.39 is 0 Å². The molecule has 0 radical (unpaired) electrons. The first-order chi connectivity index (χ1) is 9.16. The van der Waals surface area contributed by atoms with Gasteiger partial charge in [0.15, 0.2) is 0 Å². The summed E-state index contributed by atoms with van der Waals surface area (Å²) in [6.07, 6.45) is 10.6. The number of hydrogen-bond donors (Lipinski definition) is 1. The molecule has 0 aromatic carbocycles. The Morgan fingerprint density at radius 1 is 1.05 bits per heavy atom. The van der Waals surface area contributed by atoms with Crippen LogP contribution in [0, 0.1) is 11.8 Å². The molecule has 1 aromatic heterocycles. The van der Waals surface area contributed by atoms with Crippen molar-refractivity contribution >= 4 is 0 Å². The molecule has 1 saturated carbocycles. The summed E-state index contributed by atoms with van der Waals surface area (Å²) in [7, 11) is 0. The Labute approximate surface area is 118 Å². The molecule has 1 aliphatic carbocycles. The summed E-state index contributed by atoms with van der Waals surface area (Å²) in [5, 5.41) is 3.81. The van der Waals surface area contributed by atoms with E-state index in [9.17, 15) is 0 Å². The minimum Gasteiger partial charge on any atom is -0.307 e. The van der Waals surface area contributed by atoms with Gasteiger partial charge < -0.3 is 5.32 Å². The van der Waals surface area contributed by atoms with Crippen molar-refractivity contribution < 1.29 is 0 Å². The van der Waals surface area contributed by atoms with Gasteiger partial charge in [-0.15, -0.1) is 0 Å². The highest BCUT2D eigenvalue weighted by molar-refractivity contribution is 5.14. The molecule has 106 valence electrons. The van der Waals surface area contributed by atoms with Gasteiger partial charge in [-0.05, 0) is 55.7 Å². The van der Waals surface area contributed by atoms with Crippen LogP contribution in [0.3, 0.4) is 0 Å². The molecule has 0 saturated heterocycles. The summed E-state index contributed by atoms with van der Waals surface area (Å²) in [6, 6.07) is 5.35. The molecule has 1 N–H and O–H groups in total. The molecule has 0 bridgehead atoms. The second-order valence-corrected chi connectivity index (χ2v) is 6.38. The van der Waals surface area contributed by atoms with Gasteiger partial charge in [0.2, 0.25) is 0 Å². The van der Waals surface area contributed by atoms with Gasteiger partial charge >= 0.3 is 0 Å². The summed E-state index contributed by atoms with van der Waals surface area (Å²) in [6.45, 7) is 7.01. The van der Waals surface area contributed by atoms with Crippen LogP contribution in [0.4, 0.5) is 0 Å². The van der Waals surface area contributed by atoms with Crippen LogP contribution in [-0.4, -0.2) is 11.0 Å². The van der Waals surface area contributed by atoms with E-state index >= 15 is 0 Å². The Kier molecular flexibility index (Phi) is 5.38. The number of pyridine rings is 1. The second kappa shape index (κ2) is 7.04. The fraction of sp³-hybridized carbons (Fsp3) is 0.706. The molecule has 1 aromatic rings. The maximum atomic E-state index is 4.09. The Balaban J connectivity index is 1.86. The van der Waals surface area contributed by atoms with Crippen molar-refractivity contribution in [2.24, 2.45) is 11.8 Å². The van der Waals surface area contributed by atoms with Gasteiger partial charge in [0, 0.05) is 24.5 Å². The molecule has 2 rings (SSSR count). The van der Waals surface area contributed by atoms with Crippen LogP contribution in [0.15, 0.2) is 24.5 Å². The lowest BCUT2D eigenvalue weighted by Gasteiger charge is -2.23. The molecular formula is C17H28N2. The lowest BCUT2D eigenvalue weighted by Crippen LogP contribution is -2.31.